The van der Waals surface area contributed by atoms with Gasteiger partial charge < -0.3 is 0 Å². The molecule has 0 unspecified atom stereocenters. The third kappa shape index (κ3) is 4.90. The molecule has 0 radical (unpaired) electrons. The fraction of sp³-hybridized carbons (Fsp3) is 0. The molecule has 0 aliphatic rings. The molecule has 64 valence electrons. The van der Waals surface area contributed by atoms with Gasteiger partial charge in [-0.3, -0.25) is 0 Å². The molecule has 0 aliphatic carbocycles. The number of nitrogens with zero attached hydrogens (tertiary/aromatic N) is 4. The molecule has 0 rings (SSSR count). The first-order valence-corrected chi connectivity index (χ1v) is 24.8. The van der Waals surface area contributed by atoms with Crippen molar-refractivity contribution < 1.29 is 0 Å². The van der Waals surface area contributed by atoms with Crippen LogP contribution < -0.4 is 0 Å². The van der Waals surface area contributed by atoms with E-state index in [-0.39, 0.29) is 0 Å². The van der Waals surface area contributed by atoms with E-state index in [2.05, 4.69) is 0 Å². The second kappa shape index (κ2) is 7.66. The van der Waals surface area contributed by atoms with E-state index >= 15 is 0 Å². The topological polar surface area (TPSA) is 95.2 Å². The average molecular weight is 440 g/mol. The van der Waals surface area contributed by atoms with Crippen LogP contribution >= 0.6 is 33.2 Å². The van der Waals surface area contributed by atoms with Gasteiger partial charge in [-0.1, -0.05) is 0 Å². The summed E-state index contributed by atoms with van der Waals surface area (Å²) in [6.07, 6.45) is 0. The van der Waals surface area contributed by atoms with Gasteiger partial charge >= 0.3 is 91.1 Å². The van der Waals surface area contributed by atoms with Gasteiger partial charge in [0.05, 0.1) is 0 Å². The average Bonchev–Trinajstić information content (AvgIpc) is 2.06. The third-order valence-electron chi connectivity index (χ3n) is 0.683. The van der Waals surface area contributed by atoms with E-state index in [4.69, 9.17) is 21.0 Å². The normalized spacial score (nSPS) is 8.92. The van der Waals surface area contributed by atoms with Gasteiger partial charge in [0.15, 0.2) is 0 Å². The van der Waals surface area contributed by atoms with Crippen molar-refractivity contribution >= 4 is 48.4 Å². The van der Waals surface area contributed by atoms with Crippen LogP contribution in [0, 0.1) is 42.7 Å². The van der Waals surface area contributed by atoms with E-state index in [0.29, 0.717) is 0 Å². The van der Waals surface area contributed by atoms with Gasteiger partial charge in [-0.2, -0.15) is 0 Å². The first-order chi connectivity index (χ1) is 6.24. The number of rotatable bonds is 4. The van der Waals surface area contributed by atoms with Crippen molar-refractivity contribution in [2.75, 3.05) is 0 Å². The van der Waals surface area contributed by atoms with Gasteiger partial charge in [0.1, 0.15) is 0 Å². The van der Waals surface area contributed by atoms with Crippen molar-refractivity contribution in [3.63, 3.8) is 0 Å². The Morgan fingerprint density at radius 3 is 1.00 bits per heavy atom. The molecule has 0 heterocycles. The monoisotopic (exact) mass is 440 g/mol. The van der Waals surface area contributed by atoms with E-state index in [1.165, 1.54) is 0 Å². The van der Waals surface area contributed by atoms with E-state index in [1.807, 2.05) is 21.6 Å². The Morgan fingerprint density at radius 2 is 0.846 bits per heavy atom. The van der Waals surface area contributed by atoms with Crippen LogP contribution in [0.2, 0.25) is 0 Å². The third-order valence-corrected chi connectivity index (χ3v) is 44.3. The van der Waals surface area contributed by atoms with Crippen molar-refractivity contribution in [3.05, 3.63) is 0 Å². The van der Waals surface area contributed by atoms with Gasteiger partial charge in [-0.15, -0.1) is 0 Å². The predicted molar refractivity (Wildman–Crippen MR) is 58.6 cm³/mol. The molecule has 0 aromatic heterocycles. The summed E-state index contributed by atoms with van der Waals surface area (Å²) in [6, 6.07) is 0. The molecule has 0 spiro atoms. The Labute approximate surface area is 89.9 Å². The van der Waals surface area contributed by atoms with Gasteiger partial charge in [-0.05, 0) is 0 Å². The minimum atomic E-state index is -3.47. The molecule has 0 aromatic carbocycles. The van der Waals surface area contributed by atoms with Crippen LogP contribution in [0.1, 0.15) is 0 Å². The molecule has 0 saturated heterocycles. The summed E-state index contributed by atoms with van der Waals surface area (Å²) in [7, 11) is 3.79. The van der Waals surface area contributed by atoms with Crippen LogP contribution in [0.15, 0.2) is 0 Å². The number of hydrogen-bond donors (Lipinski definition) is 0. The Bertz CT molecular complexity index is 261. The summed E-state index contributed by atoms with van der Waals surface area (Å²) in [4.78, 5) is 0. The van der Waals surface area contributed by atoms with Crippen molar-refractivity contribution in [1.82, 2.24) is 0 Å². The fourth-order valence-corrected chi connectivity index (χ4v) is 27.5. The van der Waals surface area contributed by atoms with Crippen molar-refractivity contribution in [2.24, 2.45) is 0 Å². The molecule has 0 saturated carbocycles. The summed E-state index contributed by atoms with van der Waals surface area (Å²) in [5, 5.41) is 41.4. The summed E-state index contributed by atoms with van der Waals surface area (Å²) in [5.41, 5.74) is 0. The Balaban J connectivity index is 4.66. The second-order valence-corrected chi connectivity index (χ2v) is 51.3. The zero-order valence-corrected chi connectivity index (χ0v) is 13.1. The van der Waals surface area contributed by atoms with Crippen LogP contribution in [0.3, 0.4) is 0 Å². The molecular weight excluding hydrogens is 440 g/mol. The van der Waals surface area contributed by atoms with Crippen LogP contribution in [0.5, 0.6) is 0 Å². The molecule has 0 bridgehead atoms. The van der Waals surface area contributed by atoms with Crippen molar-refractivity contribution in [3.8, 4) is 21.6 Å². The Kier molecular flexibility index (Phi) is 7.83. The molecule has 0 aromatic rings. The number of hydrogen-bond acceptors (Lipinski definition) is 8. The standard InChI is InChI=1S/4CHNS.Pb/c4*2-1-3;/h4*3H;/q;;;;+4/p-4. The van der Waals surface area contributed by atoms with Crippen LogP contribution in [-0.4, -0.2) is 15.2 Å². The molecule has 0 aliphatic heterocycles. The predicted octanol–water partition coefficient (Wildman–Crippen LogP) is 2.28. The molecule has 0 atom stereocenters. The number of thiocyanates is 4. The van der Waals surface area contributed by atoms with Crippen molar-refractivity contribution in [2.45, 2.75) is 0 Å². The SMILES string of the molecule is N#C[S][Pb]([S]C#N)([S]C#N)[S]C#N. The summed E-state index contributed by atoms with van der Waals surface area (Å²) < 4.78 is 0. The summed E-state index contributed by atoms with van der Waals surface area (Å²) >= 11 is -3.47. The first kappa shape index (κ1) is 13.3. The summed E-state index contributed by atoms with van der Waals surface area (Å²) in [6.45, 7) is 0. The van der Waals surface area contributed by atoms with Crippen LogP contribution in [0.4, 0.5) is 0 Å². The van der Waals surface area contributed by atoms with E-state index in [1.54, 1.807) is 0 Å². The molecule has 4 nitrogen and oxygen atoms in total. The van der Waals surface area contributed by atoms with Crippen LogP contribution in [-0.2, 0) is 0 Å². The molecule has 0 amide bonds. The second-order valence-electron chi connectivity index (χ2n) is 1.27. The van der Waals surface area contributed by atoms with E-state index in [9.17, 15) is 0 Å². The summed E-state index contributed by atoms with van der Waals surface area (Å²) in [5.74, 6) is 0. The van der Waals surface area contributed by atoms with Crippen molar-refractivity contribution in [1.29, 1.82) is 21.0 Å². The van der Waals surface area contributed by atoms with Gasteiger partial charge in [0.2, 0.25) is 0 Å². The first-order valence-electron chi connectivity index (χ1n) is 2.53. The molecule has 9 heteroatoms. The van der Waals surface area contributed by atoms with E-state index in [0.717, 1.165) is 33.2 Å². The van der Waals surface area contributed by atoms with Crippen LogP contribution in [0.25, 0.3) is 0 Å². The van der Waals surface area contributed by atoms with Gasteiger partial charge in [0, 0.05) is 0 Å². The van der Waals surface area contributed by atoms with E-state index < -0.39 is 15.2 Å². The maximum atomic E-state index is 8.48. The zero-order valence-electron chi connectivity index (χ0n) is 5.92. The molecular formula is C4N4PbS4. The van der Waals surface area contributed by atoms with Gasteiger partial charge in [0.25, 0.3) is 0 Å². The van der Waals surface area contributed by atoms with Gasteiger partial charge in [-0.25, -0.2) is 0 Å². The number of nitriles is 4. The zero-order chi connectivity index (χ0) is 10.2. The fourth-order valence-electron chi connectivity index (χ4n) is 0.349. The Morgan fingerprint density at radius 1 is 0.615 bits per heavy atom. The molecule has 0 N–H and O–H groups in total. The molecule has 13 heavy (non-hydrogen) atoms. The quantitative estimate of drug-likeness (QED) is 0.486. The molecule has 0 fully saturated rings. The Hall–Kier alpha value is 0.282. The maximum absolute atomic E-state index is 8.48. The minimum absolute atomic E-state index is 0.947.